The molecule has 1 aromatic heterocycles. The Morgan fingerprint density at radius 3 is 2.30 bits per heavy atom. The van der Waals surface area contributed by atoms with E-state index in [4.69, 9.17) is 4.42 Å². The number of allylic oxidation sites excluding steroid dienone is 5. The van der Waals surface area contributed by atoms with Crippen LogP contribution in [0.25, 0.3) is 22.3 Å². The van der Waals surface area contributed by atoms with Gasteiger partial charge in [0.2, 0.25) is 0 Å². The predicted molar refractivity (Wildman–Crippen MR) is 105 cm³/mol. The van der Waals surface area contributed by atoms with Crippen molar-refractivity contribution in [3.05, 3.63) is 96.6 Å². The quantitative estimate of drug-likeness (QED) is 0.523. The molecule has 1 aliphatic carbocycles. The van der Waals surface area contributed by atoms with Gasteiger partial charge >= 0.3 is 11.3 Å². The van der Waals surface area contributed by atoms with Crippen molar-refractivity contribution < 1.29 is 26.7 Å². The van der Waals surface area contributed by atoms with E-state index in [-0.39, 0.29) is 23.9 Å². The monoisotopic (exact) mass is 378 g/mol. The molecule has 1 N–H and O–H groups in total. The third-order valence-corrected chi connectivity index (χ3v) is 3.99. The van der Waals surface area contributed by atoms with Gasteiger partial charge in [-0.25, -0.2) is 4.42 Å². The summed E-state index contributed by atoms with van der Waals surface area (Å²) < 4.78 is 5.85. The van der Waals surface area contributed by atoms with Crippen molar-refractivity contribution in [2.45, 2.75) is 6.92 Å². The molecule has 0 bridgehead atoms. The standard InChI is InChI=1S/C16H12O2.C7H6O.ClH/c1-11-9-15(12-5-3-2-4-6-12)18-16-10-13(17)7-8-14(11)16;1-6-4-2-3-5-7(6)8;/h2-10H,1H3;2-5H,1H2;1H. The van der Waals surface area contributed by atoms with E-state index in [1.54, 1.807) is 30.4 Å². The van der Waals surface area contributed by atoms with Gasteiger partial charge in [0.15, 0.2) is 5.78 Å². The molecule has 0 saturated carbocycles. The molecule has 0 amide bonds. The molecule has 0 atom stereocenters. The van der Waals surface area contributed by atoms with Gasteiger partial charge in [0.25, 0.3) is 0 Å². The second-order valence-corrected chi connectivity index (χ2v) is 5.95. The summed E-state index contributed by atoms with van der Waals surface area (Å²) in [6.45, 7) is 5.55. The van der Waals surface area contributed by atoms with Gasteiger partial charge in [0.05, 0.1) is 17.0 Å². The Morgan fingerprint density at radius 1 is 0.963 bits per heavy atom. The first-order chi connectivity index (χ1) is 12.5. The van der Waals surface area contributed by atoms with Gasteiger partial charge in [-0.2, -0.15) is 0 Å². The topological polar surface area (TPSA) is 48.6 Å². The van der Waals surface area contributed by atoms with Crippen molar-refractivity contribution >= 4 is 16.8 Å². The molecule has 0 aliphatic heterocycles. The van der Waals surface area contributed by atoms with Gasteiger partial charge in [-0.3, -0.25) is 4.79 Å². The lowest BCUT2D eigenvalue weighted by Crippen LogP contribution is -3.00. The van der Waals surface area contributed by atoms with Crippen molar-refractivity contribution in [2.24, 2.45) is 0 Å². The molecule has 0 saturated heterocycles. The van der Waals surface area contributed by atoms with Gasteiger partial charge in [0, 0.05) is 11.6 Å². The van der Waals surface area contributed by atoms with Crippen molar-refractivity contribution in [2.75, 3.05) is 0 Å². The maximum absolute atomic E-state index is 10.6. The fraction of sp³-hybridized carbons (Fsp3) is 0.0435. The van der Waals surface area contributed by atoms with Gasteiger partial charge in [0.1, 0.15) is 5.75 Å². The summed E-state index contributed by atoms with van der Waals surface area (Å²) in [5.41, 5.74) is 3.43. The number of carbonyl (C=O) groups excluding carboxylic acids is 1. The molecule has 0 radical (unpaired) electrons. The number of rotatable bonds is 1. The molecule has 1 aliphatic rings. The molecule has 4 heteroatoms. The second kappa shape index (κ2) is 8.97. The van der Waals surface area contributed by atoms with Gasteiger partial charge in [-0.1, -0.05) is 43.0 Å². The summed E-state index contributed by atoms with van der Waals surface area (Å²) in [4.78, 5) is 10.6. The fourth-order valence-electron chi connectivity index (χ4n) is 2.59. The zero-order valence-corrected chi connectivity index (χ0v) is 15.6. The number of aromatic hydroxyl groups is 1. The normalized spacial score (nSPS) is 12.3. The average Bonchev–Trinajstić information content (AvgIpc) is 2.65. The van der Waals surface area contributed by atoms with Crippen LogP contribution >= 0.6 is 0 Å². The number of halogens is 1. The number of phenolic OH excluding ortho intramolecular Hbond substituents is 1. The van der Waals surface area contributed by atoms with E-state index in [1.165, 1.54) is 6.08 Å². The first kappa shape index (κ1) is 20.1. The van der Waals surface area contributed by atoms with Crippen LogP contribution in [0.2, 0.25) is 0 Å². The van der Waals surface area contributed by atoms with Gasteiger partial charge < -0.3 is 17.5 Å². The summed E-state index contributed by atoms with van der Waals surface area (Å²) >= 11 is 0. The van der Waals surface area contributed by atoms with E-state index in [1.807, 2.05) is 49.4 Å². The van der Waals surface area contributed by atoms with Crippen molar-refractivity contribution in [1.29, 1.82) is 0 Å². The summed E-state index contributed by atoms with van der Waals surface area (Å²) in [5.74, 6) is 1.04. The molecule has 2 aromatic carbocycles. The number of aryl methyl sites for hydroxylation is 1. The third kappa shape index (κ3) is 4.93. The molecule has 1 heterocycles. The summed E-state index contributed by atoms with van der Waals surface area (Å²) in [5, 5.41) is 10.5. The highest BCUT2D eigenvalue weighted by Gasteiger charge is 2.17. The van der Waals surface area contributed by atoms with Crippen LogP contribution in [-0.4, -0.2) is 10.9 Å². The van der Waals surface area contributed by atoms with Crippen LogP contribution in [0.5, 0.6) is 5.75 Å². The van der Waals surface area contributed by atoms with Crippen molar-refractivity contribution in [3.8, 4) is 17.1 Å². The highest BCUT2D eigenvalue weighted by atomic mass is 35.5. The molecule has 0 fully saturated rings. The highest BCUT2D eigenvalue weighted by molar-refractivity contribution is 6.06. The van der Waals surface area contributed by atoms with Crippen molar-refractivity contribution in [1.82, 2.24) is 0 Å². The van der Waals surface area contributed by atoms with Crippen LogP contribution in [0.3, 0.4) is 0 Å². The smallest absolute Gasteiger partial charge is 0.364 e. The largest absolute Gasteiger partial charge is 1.00 e. The van der Waals surface area contributed by atoms with E-state index >= 15 is 0 Å². The molecule has 4 rings (SSSR count). The minimum Gasteiger partial charge on any atom is -1.00 e. The first-order valence-electron chi connectivity index (χ1n) is 8.24. The lowest BCUT2D eigenvalue weighted by Gasteiger charge is -1.97. The molecular formula is C23H19ClO3. The predicted octanol–water partition coefficient (Wildman–Crippen LogP) is 2.64. The zero-order chi connectivity index (χ0) is 18.5. The third-order valence-electron chi connectivity index (χ3n) is 3.99. The number of hydrogen-bond donors (Lipinski definition) is 1. The lowest BCUT2D eigenvalue weighted by molar-refractivity contribution is -0.111. The van der Waals surface area contributed by atoms with E-state index in [9.17, 15) is 9.90 Å². The van der Waals surface area contributed by atoms with E-state index in [2.05, 4.69) is 6.58 Å². The minimum absolute atomic E-state index is 0. The summed E-state index contributed by atoms with van der Waals surface area (Å²) in [6, 6.07) is 17.2. The van der Waals surface area contributed by atoms with Gasteiger partial charge in [-0.15, -0.1) is 0 Å². The van der Waals surface area contributed by atoms with E-state index in [0.29, 0.717) is 11.2 Å². The number of carbonyl (C=O) groups is 1. The lowest BCUT2D eigenvalue weighted by atomic mass is 10.1. The maximum atomic E-state index is 10.6. The number of hydrogen-bond acceptors (Lipinski definition) is 2. The van der Waals surface area contributed by atoms with Crippen LogP contribution < -0.4 is 12.4 Å². The number of phenols is 1. The van der Waals surface area contributed by atoms with Crippen LogP contribution in [0.4, 0.5) is 0 Å². The molecule has 27 heavy (non-hydrogen) atoms. The zero-order valence-electron chi connectivity index (χ0n) is 14.9. The molecule has 136 valence electrons. The van der Waals surface area contributed by atoms with Gasteiger partial charge in [-0.05, 0) is 42.8 Å². The Hall–Kier alpha value is -3.17. The maximum Gasteiger partial charge on any atom is 0.364 e. The molecule has 3 aromatic rings. The fourth-order valence-corrected chi connectivity index (χ4v) is 2.59. The van der Waals surface area contributed by atoms with Crippen LogP contribution in [-0.2, 0) is 4.79 Å². The molecule has 0 spiro atoms. The second-order valence-electron chi connectivity index (χ2n) is 5.95. The Labute approximate surface area is 164 Å². The van der Waals surface area contributed by atoms with Crippen LogP contribution in [0, 0.1) is 6.92 Å². The molecular weight excluding hydrogens is 360 g/mol. The number of fused-ring (bicyclic) bond motifs is 1. The Morgan fingerprint density at radius 2 is 1.67 bits per heavy atom. The average molecular weight is 379 g/mol. The van der Waals surface area contributed by atoms with E-state index in [0.717, 1.165) is 22.3 Å². The Balaban J connectivity index is 0.000000247. The minimum atomic E-state index is 0. The van der Waals surface area contributed by atoms with Crippen LogP contribution in [0.15, 0.2) is 95.5 Å². The number of ketones is 1. The summed E-state index contributed by atoms with van der Waals surface area (Å²) in [7, 11) is 0. The summed E-state index contributed by atoms with van der Waals surface area (Å²) in [6.07, 6.45) is 6.70. The van der Waals surface area contributed by atoms with Crippen LogP contribution in [0.1, 0.15) is 5.56 Å². The Kier molecular flexibility index (Phi) is 6.69. The van der Waals surface area contributed by atoms with E-state index < -0.39 is 0 Å². The number of benzene rings is 2. The SMILES string of the molecule is C=C1C=CC=CC1=O.Cc1cc(-c2ccccc2)[o+]c2cc(O)ccc12.[Cl-]. The Bertz CT molecular complexity index is 1010. The molecule has 3 nitrogen and oxygen atoms in total. The van der Waals surface area contributed by atoms with Crippen molar-refractivity contribution in [3.63, 3.8) is 0 Å². The first-order valence-corrected chi connectivity index (χ1v) is 8.24. The highest BCUT2D eigenvalue weighted by Crippen LogP contribution is 2.29. The molecule has 0 unspecified atom stereocenters.